The average molecular weight is 710 g/mol. The molecule has 1 fully saturated rings. The highest BCUT2D eigenvalue weighted by atomic mass is 35.5. The zero-order valence-corrected chi connectivity index (χ0v) is 29.4. The molecule has 2 amide bonds. The Morgan fingerprint density at radius 1 is 1.06 bits per heavy atom. The average Bonchev–Trinajstić information content (AvgIpc) is 3.89. The van der Waals surface area contributed by atoms with Crippen LogP contribution < -0.4 is 15.4 Å². The number of carbonyl (C=O) groups is 4. The van der Waals surface area contributed by atoms with Gasteiger partial charge in [-0.3, -0.25) is 14.4 Å². The Kier molecular flexibility index (Phi) is 14.1. The lowest BCUT2D eigenvalue weighted by molar-refractivity contribution is -0.176. The molecule has 2 aromatic rings. The van der Waals surface area contributed by atoms with Gasteiger partial charge in [0.15, 0.2) is 6.10 Å². The van der Waals surface area contributed by atoms with E-state index < -0.39 is 47.9 Å². The standard InChI is InChI=1S/C36H44ClN5O8/c1-21(2)17-30-36(46)48-28(22(3)32-33(50-32)24-9-6-5-7-10-24)11-8-12-31(43)41-27(19-23-13-14-29(47-4)26(37)18-23)34(44)39-20-25(35(45)49-30)15-16-40-42-38/h5-10,12-14,18,21-22,25,27-28,30,32-33H,11,15-17,19-20H2,1-4H3,(H,39,44)(H,41,43)/b12-8+/t22-,25+,27+,28-,30-,32+,33+/m0/s1. The monoisotopic (exact) mass is 709 g/mol. The summed E-state index contributed by atoms with van der Waals surface area (Å²) >= 11 is 6.32. The molecule has 4 rings (SSSR count). The number of cyclic esters (lactones) is 2. The molecule has 0 aromatic heterocycles. The first-order valence-electron chi connectivity index (χ1n) is 16.7. The number of hydrogen-bond acceptors (Lipinski definition) is 9. The Labute approximate surface area is 296 Å². The number of azide groups is 1. The largest absolute Gasteiger partial charge is 0.495 e. The van der Waals surface area contributed by atoms with Crippen molar-refractivity contribution in [3.05, 3.63) is 87.3 Å². The molecule has 1 saturated heterocycles. The van der Waals surface area contributed by atoms with Gasteiger partial charge in [0.2, 0.25) is 11.8 Å². The van der Waals surface area contributed by atoms with Crippen molar-refractivity contribution in [2.24, 2.45) is 22.9 Å². The molecule has 2 aliphatic rings. The minimum atomic E-state index is -1.23. The number of ether oxygens (including phenoxy) is 4. The molecule has 268 valence electrons. The fraction of sp³-hybridized carbons (Fsp3) is 0.500. The van der Waals surface area contributed by atoms with Gasteiger partial charge in [-0.2, -0.15) is 0 Å². The lowest BCUT2D eigenvalue weighted by Crippen LogP contribution is -2.49. The van der Waals surface area contributed by atoms with Crippen molar-refractivity contribution >= 4 is 35.4 Å². The molecule has 13 nitrogen and oxygen atoms in total. The lowest BCUT2D eigenvalue weighted by Gasteiger charge is -2.27. The van der Waals surface area contributed by atoms with Crippen LogP contribution in [0.25, 0.3) is 10.4 Å². The van der Waals surface area contributed by atoms with E-state index in [1.165, 1.54) is 13.2 Å². The number of nitrogens with one attached hydrogen (secondary N) is 2. The third kappa shape index (κ3) is 11.0. The molecule has 2 N–H and O–H groups in total. The second-order valence-electron chi connectivity index (χ2n) is 12.9. The van der Waals surface area contributed by atoms with Crippen LogP contribution in [-0.2, 0) is 39.8 Å². The number of nitrogens with zero attached hydrogens (tertiary/aromatic N) is 3. The quantitative estimate of drug-likeness (QED) is 0.102. The van der Waals surface area contributed by atoms with E-state index in [2.05, 4.69) is 20.7 Å². The van der Waals surface area contributed by atoms with Gasteiger partial charge in [0, 0.05) is 36.8 Å². The van der Waals surface area contributed by atoms with Gasteiger partial charge >= 0.3 is 11.9 Å². The number of esters is 2. The topological polar surface area (TPSA) is 181 Å². The van der Waals surface area contributed by atoms with Gasteiger partial charge in [-0.15, -0.1) is 0 Å². The Morgan fingerprint density at radius 3 is 2.50 bits per heavy atom. The molecule has 0 aliphatic carbocycles. The van der Waals surface area contributed by atoms with Crippen molar-refractivity contribution < 1.29 is 38.1 Å². The molecule has 14 heteroatoms. The van der Waals surface area contributed by atoms with Gasteiger partial charge in [0.1, 0.15) is 24.0 Å². The van der Waals surface area contributed by atoms with Crippen LogP contribution in [0.2, 0.25) is 5.02 Å². The number of benzene rings is 2. The molecule has 0 bridgehead atoms. The van der Waals surface area contributed by atoms with Crippen LogP contribution in [0.3, 0.4) is 0 Å². The van der Waals surface area contributed by atoms with Crippen molar-refractivity contribution in [1.29, 1.82) is 0 Å². The van der Waals surface area contributed by atoms with Crippen molar-refractivity contribution in [2.45, 2.75) is 76.9 Å². The van der Waals surface area contributed by atoms with Gasteiger partial charge in [-0.05, 0) is 53.6 Å². The van der Waals surface area contributed by atoms with Gasteiger partial charge in [-0.1, -0.05) is 80.0 Å². The number of halogens is 1. The molecule has 0 unspecified atom stereocenters. The predicted octanol–water partition coefficient (Wildman–Crippen LogP) is 5.41. The Balaban J connectivity index is 1.63. The summed E-state index contributed by atoms with van der Waals surface area (Å²) in [5.41, 5.74) is 10.5. The van der Waals surface area contributed by atoms with Gasteiger partial charge < -0.3 is 29.6 Å². The highest BCUT2D eigenvalue weighted by Crippen LogP contribution is 2.45. The third-order valence-electron chi connectivity index (χ3n) is 8.66. The molecule has 0 spiro atoms. The fourth-order valence-electron chi connectivity index (χ4n) is 5.82. The molecule has 50 heavy (non-hydrogen) atoms. The van der Waals surface area contributed by atoms with E-state index in [1.807, 2.05) is 51.1 Å². The smallest absolute Gasteiger partial charge is 0.347 e. The maximum Gasteiger partial charge on any atom is 0.347 e. The summed E-state index contributed by atoms with van der Waals surface area (Å²) in [5.74, 6) is -3.41. The van der Waals surface area contributed by atoms with Crippen molar-refractivity contribution in [1.82, 2.24) is 10.6 Å². The van der Waals surface area contributed by atoms with Crippen molar-refractivity contribution in [2.75, 3.05) is 20.2 Å². The molecular weight excluding hydrogens is 666 g/mol. The number of rotatable bonds is 11. The van der Waals surface area contributed by atoms with Crippen LogP contribution >= 0.6 is 11.6 Å². The van der Waals surface area contributed by atoms with E-state index >= 15 is 0 Å². The van der Waals surface area contributed by atoms with Crippen molar-refractivity contribution in [3.63, 3.8) is 0 Å². The minimum absolute atomic E-state index is 0.0341. The normalized spacial score (nSPS) is 26.0. The number of hydrogen-bond donors (Lipinski definition) is 2. The minimum Gasteiger partial charge on any atom is -0.495 e. The molecular formula is C36H44ClN5O8. The van der Waals surface area contributed by atoms with Crippen LogP contribution in [0.15, 0.2) is 65.8 Å². The Hall–Kier alpha value is -4.58. The van der Waals surface area contributed by atoms with E-state index in [4.69, 9.17) is 36.1 Å². The van der Waals surface area contributed by atoms with E-state index in [1.54, 1.807) is 24.3 Å². The molecule has 7 atom stereocenters. The first-order valence-corrected chi connectivity index (χ1v) is 17.1. The lowest BCUT2D eigenvalue weighted by atomic mass is 9.93. The zero-order chi connectivity index (χ0) is 36.2. The molecule has 2 heterocycles. The molecule has 0 radical (unpaired) electrons. The zero-order valence-electron chi connectivity index (χ0n) is 28.6. The van der Waals surface area contributed by atoms with Gasteiger partial charge in [-0.25, -0.2) is 4.79 Å². The number of amides is 2. The molecule has 2 aromatic carbocycles. The summed E-state index contributed by atoms with van der Waals surface area (Å²) in [6, 6.07) is 13.7. The van der Waals surface area contributed by atoms with Gasteiger partial charge in [0.25, 0.3) is 0 Å². The van der Waals surface area contributed by atoms with Crippen LogP contribution in [-0.4, -0.2) is 68.3 Å². The maximum atomic E-state index is 13.7. The number of epoxide rings is 1. The highest BCUT2D eigenvalue weighted by molar-refractivity contribution is 6.32. The van der Waals surface area contributed by atoms with Crippen LogP contribution in [0.4, 0.5) is 0 Å². The summed E-state index contributed by atoms with van der Waals surface area (Å²) < 4.78 is 23.1. The van der Waals surface area contributed by atoms with Crippen LogP contribution in [0, 0.1) is 17.8 Å². The van der Waals surface area contributed by atoms with E-state index in [9.17, 15) is 19.2 Å². The van der Waals surface area contributed by atoms with Gasteiger partial charge in [0.05, 0.1) is 24.2 Å². The highest BCUT2D eigenvalue weighted by Gasteiger charge is 2.47. The van der Waals surface area contributed by atoms with E-state index in [0.717, 1.165) is 5.56 Å². The summed E-state index contributed by atoms with van der Waals surface area (Å²) in [4.78, 5) is 56.7. The summed E-state index contributed by atoms with van der Waals surface area (Å²) in [6.07, 6.45) is 0.980. The molecule has 2 aliphatic heterocycles. The Morgan fingerprint density at radius 2 is 1.82 bits per heavy atom. The first kappa shape index (κ1) is 38.2. The third-order valence-corrected chi connectivity index (χ3v) is 8.95. The molecule has 0 saturated carbocycles. The van der Waals surface area contributed by atoms with E-state index in [-0.39, 0.29) is 62.8 Å². The maximum absolute atomic E-state index is 13.7. The van der Waals surface area contributed by atoms with Crippen LogP contribution in [0.1, 0.15) is 57.3 Å². The summed E-state index contributed by atoms with van der Waals surface area (Å²) in [5, 5.41) is 9.34. The summed E-state index contributed by atoms with van der Waals surface area (Å²) in [7, 11) is 1.49. The van der Waals surface area contributed by atoms with Crippen molar-refractivity contribution in [3.8, 4) is 5.75 Å². The predicted molar refractivity (Wildman–Crippen MR) is 185 cm³/mol. The Bertz CT molecular complexity index is 1580. The summed E-state index contributed by atoms with van der Waals surface area (Å²) in [6.45, 7) is 5.43. The second kappa shape index (κ2) is 18.4. The van der Waals surface area contributed by atoms with E-state index in [0.29, 0.717) is 16.3 Å². The second-order valence-corrected chi connectivity index (χ2v) is 13.3. The van der Waals surface area contributed by atoms with Crippen LogP contribution in [0.5, 0.6) is 5.75 Å². The SMILES string of the molecule is COc1ccc(C[C@H]2NC(=O)/C=C/C[C@@H]([C@H](C)[C@H]3O[C@@H]3c3ccccc3)OC(=O)[C@H](CC(C)C)OC(=O)[C@H](CCN=[N+]=[N-])CNC2=O)cc1Cl. The first-order chi connectivity index (χ1) is 24.0. The number of carbonyl (C=O) groups excluding carboxylic acids is 4. The number of methoxy groups -OCH3 is 1. The fourth-order valence-corrected chi connectivity index (χ4v) is 6.10.